The number of fused-ring (bicyclic) bond motifs is 6. The van der Waals surface area contributed by atoms with Crippen molar-refractivity contribution in [1.29, 1.82) is 0 Å². The van der Waals surface area contributed by atoms with E-state index >= 15 is 0 Å². The normalized spacial score (nSPS) is 11.8. The molecule has 11 rings (SSSR count). The first kappa shape index (κ1) is 28.6. The second kappa shape index (κ2) is 11.1. The van der Waals surface area contributed by atoms with E-state index in [1.165, 1.54) is 0 Å². The molecule has 0 atom stereocenters. The van der Waals surface area contributed by atoms with E-state index < -0.39 is 0 Å². The lowest BCUT2D eigenvalue weighted by molar-refractivity contribution is 0.619. The van der Waals surface area contributed by atoms with E-state index in [4.69, 9.17) is 28.2 Å². The van der Waals surface area contributed by atoms with Gasteiger partial charge >= 0.3 is 0 Å². The molecular formula is C45H26N4O3. The third-order valence-corrected chi connectivity index (χ3v) is 9.72. The Bertz CT molecular complexity index is 3060. The fourth-order valence-electron chi connectivity index (χ4n) is 7.23. The molecule has 0 aliphatic heterocycles. The summed E-state index contributed by atoms with van der Waals surface area (Å²) in [4.78, 5) is 14.5. The maximum absolute atomic E-state index is 6.54. The molecule has 7 heteroatoms. The SMILES string of the molecule is c1ccc(-c2cccc3nc(-c4ccc5c(c4)c4cc(-c6nc7ccccc7o6)ccc4n5-c4ccc(-c5nc6ccccc6o5)cc4)oc23)cc1. The third kappa shape index (κ3) is 4.50. The van der Waals surface area contributed by atoms with Crippen molar-refractivity contribution in [1.82, 2.24) is 19.5 Å². The molecule has 0 bridgehead atoms. The Hall–Kier alpha value is -7.25. The summed E-state index contributed by atoms with van der Waals surface area (Å²) in [7, 11) is 0. The maximum Gasteiger partial charge on any atom is 0.227 e. The Morgan fingerprint density at radius 2 is 0.904 bits per heavy atom. The van der Waals surface area contributed by atoms with Crippen LogP contribution in [0.25, 0.3) is 106 Å². The number of hydrogen-bond acceptors (Lipinski definition) is 6. The molecule has 0 saturated carbocycles. The van der Waals surface area contributed by atoms with Gasteiger partial charge in [-0.05, 0) is 96.6 Å². The van der Waals surface area contributed by atoms with E-state index in [-0.39, 0.29) is 0 Å². The van der Waals surface area contributed by atoms with Gasteiger partial charge in [0.05, 0.1) is 11.0 Å². The van der Waals surface area contributed by atoms with E-state index in [1.807, 2.05) is 78.9 Å². The van der Waals surface area contributed by atoms with Crippen molar-refractivity contribution in [3.8, 4) is 51.2 Å². The first-order valence-corrected chi connectivity index (χ1v) is 17.1. The van der Waals surface area contributed by atoms with Crippen molar-refractivity contribution >= 4 is 55.1 Å². The van der Waals surface area contributed by atoms with E-state index in [0.29, 0.717) is 17.7 Å². The van der Waals surface area contributed by atoms with Crippen LogP contribution >= 0.6 is 0 Å². The van der Waals surface area contributed by atoms with E-state index in [2.05, 4.69) is 83.4 Å². The number of rotatable bonds is 5. The van der Waals surface area contributed by atoms with Crippen molar-refractivity contribution in [3.63, 3.8) is 0 Å². The summed E-state index contributed by atoms with van der Waals surface area (Å²) in [6, 6.07) is 53.1. The molecule has 0 aliphatic rings. The number of nitrogens with zero attached hydrogens (tertiary/aromatic N) is 4. The van der Waals surface area contributed by atoms with Gasteiger partial charge in [-0.2, -0.15) is 0 Å². The Labute approximate surface area is 296 Å². The Kier molecular flexibility index (Phi) is 6.12. The molecular weight excluding hydrogens is 645 g/mol. The van der Waals surface area contributed by atoms with Gasteiger partial charge in [0.2, 0.25) is 17.7 Å². The second-order valence-corrected chi connectivity index (χ2v) is 12.9. The number of oxazole rings is 3. The van der Waals surface area contributed by atoms with Gasteiger partial charge in [0.1, 0.15) is 16.6 Å². The third-order valence-electron chi connectivity index (χ3n) is 9.72. The number of benzene rings is 7. The molecule has 0 amide bonds. The van der Waals surface area contributed by atoms with Gasteiger partial charge in [-0.25, -0.2) is 15.0 Å². The van der Waals surface area contributed by atoms with Gasteiger partial charge in [0, 0.05) is 38.7 Å². The van der Waals surface area contributed by atoms with Crippen LogP contribution in [0.1, 0.15) is 0 Å². The standard InChI is InChI=1S/C45H26N4O3/c1-2-9-27(10-3-1)32-11-8-14-37-42(32)52-45(48-37)30-20-24-39-34(26-30)33-25-29(44-47-36-13-5-7-16-41(36)51-44)19-23-38(33)49(39)31-21-17-28(18-22-31)43-46-35-12-4-6-15-40(35)50-43/h1-26H. The van der Waals surface area contributed by atoms with Gasteiger partial charge in [-0.1, -0.05) is 66.7 Å². The van der Waals surface area contributed by atoms with Crippen molar-refractivity contribution < 1.29 is 13.3 Å². The zero-order chi connectivity index (χ0) is 34.2. The van der Waals surface area contributed by atoms with Gasteiger partial charge < -0.3 is 17.8 Å². The zero-order valence-electron chi connectivity index (χ0n) is 27.5. The van der Waals surface area contributed by atoms with Crippen LogP contribution in [0.5, 0.6) is 0 Å². The molecule has 0 fully saturated rings. The predicted molar refractivity (Wildman–Crippen MR) is 205 cm³/mol. The first-order valence-electron chi connectivity index (χ1n) is 17.1. The summed E-state index contributed by atoms with van der Waals surface area (Å²) >= 11 is 0. The highest BCUT2D eigenvalue weighted by Crippen LogP contribution is 2.39. The molecule has 11 aromatic rings. The van der Waals surface area contributed by atoms with Gasteiger partial charge in [-0.15, -0.1) is 0 Å². The molecule has 0 aliphatic carbocycles. The van der Waals surface area contributed by atoms with Gasteiger partial charge in [0.15, 0.2) is 16.7 Å². The minimum atomic E-state index is 0.568. The highest BCUT2D eigenvalue weighted by Gasteiger charge is 2.19. The minimum absolute atomic E-state index is 0.568. The van der Waals surface area contributed by atoms with E-state index in [1.54, 1.807) is 0 Å². The maximum atomic E-state index is 6.54. The van der Waals surface area contributed by atoms with Crippen molar-refractivity contribution in [2.75, 3.05) is 0 Å². The zero-order valence-corrected chi connectivity index (χ0v) is 27.5. The van der Waals surface area contributed by atoms with E-state index in [9.17, 15) is 0 Å². The Morgan fingerprint density at radius 1 is 0.385 bits per heavy atom. The molecule has 0 unspecified atom stereocenters. The molecule has 244 valence electrons. The van der Waals surface area contributed by atoms with Crippen LogP contribution in [0, 0.1) is 0 Å². The van der Waals surface area contributed by atoms with Crippen molar-refractivity contribution in [2.24, 2.45) is 0 Å². The summed E-state index contributed by atoms with van der Waals surface area (Å²) in [5.41, 5.74) is 12.7. The highest BCUT2D eigenvalue weighted by atomic mass is 16.4. The summed E-state index contributed by atoms with van der Waals surface area (Å²) in [6.07, 6.45) is 0. The summed E-state index contributed by atoms with van der Waals surface area (Å²) in [5.74, 6) is 1.74. The number of aromatic nitrogens is 4. The molecule has 4 heterocycles. The largest absolute Gasteiger partial charge is 0.436 e. The lowest BCUT2D eigenvalue weighted by atomic mass is 10.1. The lowest BCUT2D eigenvalue weighted by Gasteiger charge is -2.09. The van der Waals surface area contributed by atoms with Crippen LogP contribution in [0.4, 0.5) is 0 Å². The van der Waals surface area contributed by atoms with Crippen molar-refractivity contribution in [2.45, 2.75) is 0 Å². The van der Waals surface area contributed by atoms with Crippen molar-refractivity contribution in [3.05, 3.63) is 158 Å². The molecule has 0 N–H and O–H groups in total. The second-order valence-electron chi connectivity index (χ2n) is 12.9. The molecule has 4 aromatic heterocycles. The van der Waals surface area contributed by atoms with Crippen LogP contribution < -0.4 is 0 Å². The molecule has 0 spiro atoms. The average Bonchev–Trinajstić information content (AvgIpc) is 4.00. The van der Waals surface area contributed by atoms with Gasteiger partial charge in [-0.3, -0.25) is 0 Å². The summed E-state index contributed by atoms with van der Waals surface area (Å²) < 4.78 is 21.1. The monoisotopic (exact) mass is 670 g/mol. The number of hydrogen-bond donors (Lipinski definition) is 0. The van der Waals surface area contributed by atoms with Crippen LogP contribution in [0.2, 0.25) is 0 Å². The smallest absolute Gasteiger partial charge is 0.227 e. The molecule has 0 saturated heterocycles. The highest BCUT2D eigenvalue weighted by molar-refractivity contribution is 6.11. The first-order chi connectivity index (χ1) is 25.7. The quantitative estimate of drug-likeness (QED) is 0.181. The molecule has 52 heavy (non-hydrogen) atoms. The predicted octanol–water partition coefficient (Wildman–Crippen LogP) is 11.9. The van der Waals surface area contributed by atoms with Gasteiger partial charge in [0.25, 0.3) is 0 Å². The van der Waals surface area contributed by atoms with Crippen LogP contribution in [-0.2, 0) is 0 Å². The summed E-state index contributed by atoms with van der Waals surface area (Å²) in [5, 5.41) is 2.11. The molecule has 0 radical (unpaired) electrons. The topological polar surface area (TPSA) is 83.0 Å². The lowest BCUT2D eigenvalue weighted by Crippen LogP contribution is -1.94. The Morgan fingerprint density at radius 3 is 1.54 bits per heavy atom. The summed E-state index contributed by atoms with van der Waals surface area (Å²) in [6.45, 7) is 0. The fourth-order valence-corrected chi connectivity index (χ4v) is 7.23. The van der Waals surface area contributed by atoms with E-state index in [0.717, 1.165) is 88.6 Å². The average molecular weight is 671 g/mol. The molecule has 7 nitrogen and oxygen atoms in total. The molecule has 7 aromatic carbocycles. The van der Waals surface area contributed by atoms with Crippen LogP contribution in [0.3, 0.4) is 0 Å². The van der Waals surface area contributed by atoms with Crippen LogP contribution in [0.15, 0.2) is 171 Å². The Balaban J connectivity index is 1.08. The number of para-hydroxylation sites is 5. The van der Waals surface area contributed by atoms with Crippen LogP contribution in [-0.4, -0.2) is 19.5 Å². The fraction of sp³-hybridized carbons (Fsp3) is 0. The minimum Gasteiger partial charge on any atom is -0.436 e.